The molecule has 2 aromatic heterocycles. The molecular formula is C36H48N4O8. The van der Waals surface area contributed by atoms with Crippen molar-refractivity contribution in [3.05, 3.63) is 58.9 Å². The molecule has 0 unspecified atom stereocenters. The third kappa shape index (κ3) is 7.62. The van der Waals surface area contributed by atoms with Gasteiger partial charge in [-0.1, -0.05) is 0 Å². The van der Waals surface area contributed by atoms with Crippen molar-refractivity contribution in [3.63, 3.8) is 0 Å². The molecule has 1 fully saturated rings. The average molecular weight is 665 g/mol. The molecule has 0 radical (unpaired) electrons. The molecule has 260 valence electrons. The van der Waals surface area contributed by atoms with Crippen LogP contribution in [0.25, 0.3) is 21.8 Å². The van der Waals surface area contributed by atoms with Crippen molar-refractivity contribution in [2.24, 2.45) is 14.1 Å². The predicted octanol–water partition coefficient (Wildman–Crippen LogP) is 3.44. The SMILES string of the molecule is CCOC(=O)c1c(C)n(C)c2ccc(OC[C@H](O)CN3CCN(C[C@@H](O)COc4ccc5c(c4)c(C(=O)OCC)c(C)n5C)CC3)cc12. The molecule has 0 bridgehead atoms. The molecule has 0 spiro atoms. The van der Waals surface area contributed by atoms with E-state index in [1.54, 1.807) is 13.8 Å². The van der Waals surface area contributed by atoms with Crippen molar-refractivity contribution in [2.75, 3.05) is 65.7 Å². The molecule has 5 rings (SSSR count). The number of β-amino-alcohol motifs (C(OH)–C–C–N with tert-alkyl or cyclic N) is 2. The summed E-state index contributed by atoms with van der Waals surface area (Å²) in [6.45, 7) is 12.1. The number of nitrogens with zero attached hydrogens (tertiary/aromatic N) is 4. The topological polar surface area (TPSA) is 128 Å². The predicted molar refractivity (Wildman–Crippen MR) is 183 cm³/mol. The van der Waals surface area contributed by atoms with Crippen molar-refractivity contribution in [3.8, 4) is 11.5 Å². The van der Waals surface area contributed by atoms with Crippen LogP contribution in [0.2, 0.25) is 0 Å². The van der Waals surface area contributed by atoms with Gasteiger partial charge in [0.25, 0.3) is 0 Å². The van der Waals surface area contributed by atoms with E-state index in [0.29, 0.717) is 48.9 Å². The van der Waals surface area contributed by atoms with Crippen LogP contribution in [0.3, 0.4) is 0 Å². The molecule has 4 aromatic rings. The first kappa shape index (κ1) is 35.2. The fourth-order valence-corrected chi connectivity index (χ4v) is 6.44. The number of carbonyl (C=O) groups is 2. The summed E-state index contributed by atoms with van der Waals surface area (Å²) < 4.78 is 26.3. The third-order valence-electron chi connectivity index (χ3n) is 9.17. The van der Waals surface area contributed by atoms with Gasteiger partial charge in [0.2, 0.25) is 0 Å². The van der Waals surface area contributed by atoms with E-state index < -0.39 is 12.2 Å². The first-order chi connectivity index (χ1) is 23.0. The Hall–Kier alpha value is -4.10. The maximum atomic E-state index is 12.6. The molecule has 0 aliphatic carbocycles. The van der Waals surface area contributed by atoms with Crippen LogP contribution in [0.1, 0.15) is 46.0 Å². The van der Waals surface area contributed by atoms with Crippen molar-refractivity contribution in [1.29, 1.82) is 0 Å². The first-order valence-corrected chi connectivity index (χ1v) is 16.6. The van der Waals surface area contributed by atoms with Crippen LogP contribution < -0.4 is 9.47 Å². The van der Waals surface area contributed by atoms with Crippen LogP contribution in [0.4, 0.5) is 0 Å². The molecule has 2 atom stereocenters. The van der Waals surface area contributed by atoms with Gasteiger partial charge in [-0.25, -0.2) is 9.59 Å². The van der Waals surface area contributed by atoms with Gasteiger partial charge >= 0.3 is 11.9 Å². The second-order valence-electron chi connectivity index (χ2n) is 12.4. The van der Waals surface area contributed by atoms with Gasteiger partial charge in [0.05, 0.1) is 24.3 Å². The van der Waals surface area contributed by atoms with Gasteiger partial charge in [0.1, 0.15) is 36.9 Å². The zero-order chi connectivity index (χ0) is 34.5. The van der Waals surface area contributed by atoms with Crippen molar-refractivity contribution >= 4 is 33.7 Å². The molecule has 12 nitrogen and oxygen atoms in total. The Labute approximate surface area is 281 Å². The molecule has 1 aliphatic rings. The van der Waals surface area contributed by atoms with Gasteiger partial charge in [-0.15, -0.1) is 0 Å². The van der Waals surface area contributed by atoms with Crippen LogP contribution in [-0.4, -0.2) is 119 Å². The van der Waals surface area contributed by atoms with E-state index in [0.717, 1.165) is 59.4 Å². The lowest BCUT2D eigenvalue weighted by molar-refractivity contribution is 0.0241. The Morgan fingerprint density at radius 1 is 0.688 bits per heavy atom. The van der Waals surface area contributed by atoms with Crippen LogP contribution in [0.15, 0.2) is 36.4 Å². The lowest BCUT2D eigenvalue weighted by atomic mass is 10.1. The summed E-state index contributed by atoms with van der Waals surface area (Å²) >= 11 is 0. The summed E-state index contributed by atoms with van der Waals surface area (Å²) in [6, 6.07) is 11.2. The monoisotopic (exact) mass is 664 g/mol. The number of piperazine rings is 1. The van der Waals surface area contributed by atoms with Crippen molar-refractivity contribution in [2.45, 2.75) is 39.9 Å². The van der Waals surface area contributed by atoms with Crippen LogP contribution in [0.5, 0.6) is 11.5 Å². The average Bonchev–Trinajstić information content (AvgIpc) is 3.47. The molecule has 3 heterocycles. The highest BCUT2D eigenvalue weighted by atomic mass is 16.5. The lowest BCUT2D eigenvalue weighted by Crippen LogP contribution is -2.51. The normalized spacial score (nSPS) is 15.5. The Balaban J connectivity index is 1.07. The second-order valence-corrected chi connectivity index (χ2v) is 12.4. The van der Waals surface area contributed by atoms with Crippen molar-refractivity contribution in [1.82, 2.24) is 18.9 Å². The number of aryl methyl sites for hydroxylation is 2. The molecule has 0 saturated carbocycles. The summed E-state index contributed by atoms with van der Waals surface area (Å²) in [6.07, 6.45) is -1.38. The number of rotatable bonds is 14. The highest BCUT2D eigenvalue weighted by Gasteiger charge is 2.24. The van der Waals surface area contributed by atoms with Gasteiger partial charge in [-0.3, -0.25) is 9.80 Å². The Bertz CT molecular complexity index is 1630. The van der Waals surface area contributed by atoms with Gasteiger partial charge in [0.15, 0.2) is 0 Å². The van der Waals surface area contributed by atoms with Crippen LogP contribution in [0, 0.1) is 13.8 Å². The summed E-state index contributed by atoms with van der Waals surface area (Å²) in [5, 5.41) is 23.0. The van der Waals surface area contributed by atoms with E-state index in [9.17, 15) is 19.8 Å². The van der Waals surface area contributed by atoms with E-state index in [2.05, 4.69) is 9.80 Å². The third-order valence-corrected chi connectivity index (χ3v) is 9.17. The maximum Gasteiger partial charge on any atom is 0.340 e. The number of fused-ring (bicyclic) bond motifs is 2. The summed E-state index contributed by atoms with van der Waals surface area (Å²) in [5.74, 6) is 0.444. The maximum absolute atomic E-state index is 12.6. The van der Waals surface area contributed by atoms with Crippen LogP contribution >= 0.6 is 0 Å². The molecule has 48 heavy (non-hydrogen) atoms. The highest BCUT2D eigenvalue weighted by Crippen LogP contribution is 2.31. The van der Waals surface area contributed by atoms with E-state index in [4.69, 9.17) is 18.9 Å². The summed E-state index contributed by atoms with van der Waals surface area (Å²) in [4.78, 5) is 29.6. The molecule has 12 heteroatoms. The number of esters is 2. The van der Waals surface area contributed by atoms with E-state index in [1.165, 1.54) is 0 Å². The zero-order valence-electron chi connectivity index (χ0n) is 28.8. The standard InChI is InChI=1S/C36H48N4O8/c1-7-45-35(43)33-23(3)37(5)31-11-9-27(17-29(31)33)47-21-25(41)19-39-13-15-40(16-14-39)20-26(42)22-48-28-10-12-32-30(18-28)34(24(4)38(32)6)36(44)46-8-2/h9-12,17-18,25-26,41-42H,7-8,13-16,19-22H2,1-6H3/t25-,26-/m1/s1. The number of benzene rings is 2. The second kappa shape index (κ2) is 15.4. The minimum atomic E-state index is -0.691. The first-order valence-electron chi connectivity index (χ1n) is 16.6. The molecule has 1 aliphatic heterocycles. The Kier molecular flexibility index (Phi) is 11.3. The molecular weight excluding hydrogens is 616 g/mol. The smallest absolute Gasteiger partial charge is 0.340 e. The Morgan fingerprint density at radius 3 is 1.42 bits per heavy atom. The lowest BCUT2D eigenvalue weighted by Gasteiger charge is -2.36. The summed E-state index contributed by atoms with van der Waals surface area (Å²) in [5.41, 5.74) is 4.53. The van der Waals surface area contributed by atoms with Gasteiger partial charge in [0, 0.05) is 86.6 Å². The molecule has 2 aromatic carbocycles. The number of aliphatic hydroxyl groups is 2. The number of aromatic nitrogens is 2. The van der Waals surface area contributed by atoms with Gasteiger partial charge in [-0.05, 0) is 64.1 Å². The van der Waals surface area contributed by atoms with E-state index in [-0.39, 0.29) is 25.2 Å². The molecule has 0 amide bonds. The number of aliphatic hydroxyl groups excluding tert-OH is 2. The highest BCUT2D eigenvalue weighted by molar-refractivity contribution is 6.07. The number of carbonyl (C=O) groups excluding carboxylic acids is 2. The molecule has 1 saturated heterocycles. The minimum absolute atomic E-state index is 0.123. The van der Waals surface area contributed by atoms with Gasteiger partial charge in [-0.2, -0.15) is 0 Å². The minimum Gasteiger partial charge on any atom is -0.491 e. The number of ether oxygens (including phenoxy) is 4. The fourth-order valence-electron chi connectivity index (χ4n) is 6.44. The number of hydrogen-bond donors (Lipinski definition) is 2. The molecule has 2 N–H and O–H groups in total. The van der Waals surface area contributed by atoms with Crippen LogP contribution in [-0.2, 0) is 23.6 Å². The quantitative estimate of drug-likeness (QED) is 0.194. The van der Waals surface area contributed by atoms with Gasteiger partial charge < -0.3 is 38.3 Å². The zero-order valence-corrected chi connectivity index (χ0v) is 28.8. The van der Waals surface area contributed by atoms with E-state index >= 15 is 0 Å². The van der Waals surface area contributed by atoms with Crippen molar-refractivity contribution < 1.29 is 38.7 Å². The fraction of sp³-hybridized carbons (Fsp3) is 0.500. The largest absolute Gasteiger partial charge is 0.491 e. The summed E-state index contributed by atoms with van der Waals surface area (Å²) in [7, 11) is 3.83. The number of hydrogen-bond acceptors (Lipinski definition) is 10. The van der Waals surface area contributed by atoms with E-state index in [1.807, 2.05) is 73.5 Å². The Morgan fingerprint density at radius 2 is 1.06 bits per heavy atom.